The third-order valence-corrected chi connectivity index (χ3v) is 7.12. The molecule has 0 aromatic heterocycles. The summed E-state index contributed by atoms with van der Waals surface area (Å²) in [7, 11) is 0. The highest BCUT2D eigenvalue weighted by Gasteiger charge is 2.41. The van der Waals surface area contributed by atoms with Gasteiger partial charge in [-0.05, 0) is 48.9 Å². The van der Waals surface area contributed by atoms with Crippen molar-refractivity contribution >= 4 is 18.0 Å². The van der Waals surface area contributed by atoms with Gasteiger partial charge in [-0.2, -0.15) is 0 Å². The number of carboxylic acids is 1. The predicted octanol–water partition coefficient (Wildman–Crippen LogP) is 3.55. The van der Waals surface area contributed by atoms with E-state index in [1.54, 1.807) is 13.8 Å². The Hall–Kier alpha value is -3.39. The van der Waals surface area contributed by atoms with Gasteiger partial charge in [0.05, 0.1) is 10.8 Å². The Kier molecular flexibility index (Phi) is 7.12. The number of carbonyl (C=O) groups is 3. The summed E-state index contributed by atoms with van der Waals surface area (Å²) in [5.41, 5.74) is 2.59. The smallest absolute Gasteiger partial charge is 0.407 e. The van der Waals surface area contributed by atoms with Crippen molar-refractivity contribution in [1.29, 1.82) is 0 Å². The maximum Gasteiger partial charge on any atom is 0.407 e. The van der Waals surface area contributed by atoms with Crippen molar-refractivity contribution in [1.82, 2.24) is 10.6 Å². The Morgan fingerprint density at radius 3 is 2.14 bits per heavy atom. The Balaban J connectivity index is 1.37. The van der Waals surface area contributed by atoms with Crippen LogP contribution in [0.2, 0.25) is 0 Å². The fourth-order valence-corrected chi connectivity index (χ4v) is 4.70. The third kappa shape index (κ3) is 5.17. The number of carbonyl (C=O) groups excluding carboxylic acids is 2. The zero-order chi connectivity index (χ0) is 25.1. The predicted molar refractivity (Wildman–Crippen MR) is 130 cm³/mol. The first-order valence-electron chi connectivity index (χ1n) is 11.9. The van der Waals surface area contributed by atoms with Crippen molar-refractivity contribution in [2.24, 2.45) is 10.8 Å². The minimum Gasteiger partial charge on any atom is -0.481 e. The Morgan fingerprint density at radius 2 is 1.57 bits per heavy atom. The number of aliphatic carboxylic acids is 1. The van der Waals surface area contributed by atoms with Gasteiger partial charge in [0.25, 0.3) is 0 Å². The number of carboxylic acid groups (broad SMARTS) is 1. The molecule has 2 aromatic rings. The summed E-state index contributed by atoms with van der Waals surface area (Å²) in [6.07, 6.45) is 0.266. The highest BCUT2D eigenvalue weighted by atomic mass is 16.5. The lowest BCUT2D eigenvalue weighted by Crippen LogP contribution is -2.53. The van der Waals surface area contributed by atoms with Crippen LogP contribution in [0, 0.1) is 10.8 Å². The van der Waals surface area contributed by atoms with E-state index in [-0.39, 0.29) is 31.5 Å². The molecule has 0 atom stereocenters. The van der Waals surface area contributed by atoms with Gasteiger partial charge in [0.2, 0.25) is 5.91 Å². The summed E-state index contributed by atoms with van der Waals surface area (Å²) in [6.45, 7) is 4.17. The second-order valence-electron chi connectivity index (χ2n) is 9.94. The molecule has 2 aliphatic rings. The summed E-state index contributed by atoms with van der Waals surface area (Å²) in [5.74, 6) is -1.32. The number of alkyl carbamates (subject to hydrolysis) is 1. The molecule has 3 N–H and O–H groups in total. The third-order valence-electron chi connectivity index (χ3n) is 7.12. The van der Waals surface area contributed by atoms with Crippen LogP contribution in [-0.4, -0.2) is 56.0 Å². The monoisotopic (exact) mass is 480 g/mol. The highest BCUT2D eigenvalue weighted by Crippen LogP contribution is 2.44. The number of hydrogen-bond donors (Lipinski definition) is 3. The van der Waals surface area contributed by atoms with Crippen molar-refractivity contribution in [3.8, 4) is 11.1 Å². The van der Waals surface area contributed by atoms with E-state index in [1.165, 1.54) is 0 Å². The first kappa shape index (κ1) is 24.7. The maximum absolute atomic E-state index is 13.1. The largest absolute Gasteiger partial charge is 0.481 e. The number of amides is 2. The Morgan fingerprint density at radius 1 is 1.00 bits per heavy atom. The molecule has 0 radical (unpaired) electrons. The fraction of sp³-hybridized carbons (Fsp3) is 0.444. The molecular formula is C27H32N2O6. The average Bonchev–Trinajstić information content (AvgIpc) is 3.19. The molecule has 1 heterocycles. The van der Waals surface area contributed by atoms with Crippen molar-refractivity contribution in [3.63, 3.8) is 0 Å². The van der Waals surface area contributed by atoms with Gasteiger partial charge < -0.3 is 25.2 Å². The zero-order valence-corrected chi connectivity index (χ0v) is 20.1. The molecule has 0 saturated carbocycles. The summed E-state index contributed by atoms with van der Waals surface area (Å²) in [5, 5.41) is 14.9. The van der Waals surface area contributed by atoms with E-state index in [1.807, 2.05) is 24.3 Å². The van der Waals surface area contributed by atoms with Crippen LogP contribution >= 0.6 is 0 Å². The molecule has 0 spiro atoms. The minimum atomic E-state index is -1.09. The molecule has 0 unspecified atom stereocenters. The standard InChI is InChI=1S/C27H32N2O6/c1-26(2,24(31)32)16-28-23(30)27(11-13-34-14-12-27)17-29-25(33)35-15-22-20-9-5-3-7-18(20)19-8-4-6-10-21(19)22/h3-10,22H,11-17H2,1-2H3,(H,28,30)(H,29,33)(H,31,32). The van der Waals surface area contributed by atoms with Gasteiger partial charge in [-0.25, -0.2) is 4.79 Å². The van der Waals surface area contributed by atoms with Gasteiger partial charge in [-0.1, -0.05) is 48.5 Å². The zero-order valence-electron chi connectivity index (χ0n) is 20.1. The summed E-state index contributed by atoms with van der Waals surface area (Å²) in [6, 6.07) is 16.2. The number of nitrogens with one attached hydrogen (secondary N) is 2. The van der Waals surface area contributed by atoms with E-state index in [2.05, 4.69) is 34.9 Å². The van der Waals surface area contributed by atoms with Crippen LogP contribution in [0.4, 0.5) is 4.79 Å². The summed E-state index contributed by atoms with van der Waals surface area (Å²) in [4.78, 5) is 37.2. The molecule has 35 heavy (non-hydrogen) atoms. The second-order valence-corrected chi connectivity index (χ2v) is 9.94. The normalized spacial score (nSPS) is 16.6. The molecular weight excluding hydrogens is 448 g/mol. The molecule has 1 aliphatic heterocycles. The second kappa shape index (κ2) is 10.1. The van der Waals surface area contributed by atoms with Crippen LogP contribution in [0.3, 0.4) is 0 Å². The lowest BCUT2D eigenvalue weighted by atomic mass is 9.78. The first-order chi connectivity index (χ1) is 16.7. The Labute approximate surface area is 205 Å². The van der Waals surface area contributed by atoms with E-state index in [4.69, 9.17) is 9.47 Å². The van der Waals surface area contributed by atoms with Crippen LogP contribution in [0.25, 0.3) is 11.1 Å². The number of hydrogen-bond acceptors (Lipinski definition) is 5. The summed E-state index contributed by atoms with van der Waals surface area (Å²) >= 11 is 0. The van der Waals surface area contributed by atoms with Gasteiger partial charge in [0.15, 0.2) is 0 Å². The highest BCUT2D eigenvalue weighted by molar-refractivity contribution is 5.85. The molecule has 2 amide bonds. The molecule has 8 heteroatoms. The molecule has 1 saturated heterocycles. The van der Waals surface area contributed by atoms with E-state index in [0.29, 0.717) is 26.1 Å². The van der Waals surface area contributed by atoms with E-state index in [9.17, 15) is 19.5 Å². The van der Waals surface area contributed by atoms with Gasteiger partial charge in [-0.3, -0.25) is 9.59 Å². The van der Waals surface area contributed by atoms with Crippen LogP contribution in [0.1, 0.15) is 43.7 Å². The topological polar surface area (TPSA) is 114 Å². The van der Waals surface area contributed by atoms with Crippen LogP contribution in [0.15, 0.2) is 48.5 Å². The lowest BCUT2D eigenvalue weighted by molar-refractivity contribution is -0.147. The van der Waals surface area contributed by atoms with Crippen LogP contribution < -0.4 is 10.6 Å². The molecule has 8 nitrogen and oxygen atoms in total. The van der Waals surface area contributed by atoms with Crippen molar-refractivity contribution in [3.05, 3.63) is 59.7 Å². The average molecular weight is 481 g/mol. The number of benzene rings is 2. The van der Waals surface area contributed by atoms with E-state index in [0.717, 1.165) is 22.3 Å². The van der Waals surface area contributed by atoms with Crippen molar-refractivity contribution in [2.45, 2.75) is 32.6 Å². The Bertz CT molecular complexity index is 1060. The van der Waals surface area contributed by atoms with E-state index >= 15 is 0 Å². The van der Waals surface area contributed by atoms with E-state index < -0.39 is 22.9 Å². The molecule has 2 aromatic carbocycles. The van der Waals surface area contributed by atoms with Gasteiger partial charge in [-0.15, -0.1) is 0 Å². The molecule has 0 bridgehead atoms. The van der Waals surface area contributed by atoms with Gasteiger partial charge >= 0.3 is 12.1 Å². The van der Waals surface area contributed by atoms with Gasteiger partial charge in [0.1, 0.15) is 6.61 Å². The molecule has 186 valence electrons. The SMILES string of the molecule is CC(C)(CNC(=O)C1(CNC(=O)OCC2c3ccccc3-c3ccccc32)CCOCC1)C(=O)O. The minimum absolute atomic E-state index is 0.00524. The molecule has 4 rings (SSSR count). The van der Waals surface area contributed by atoms with Crippen LogP contribution in [-0.2, 0) is 19.1 Å². The van der Waals surface area contributed by atoms with Gasteiger partial charge in [0, 0.05) is 32.2 Å². The lowest BCUT2D eigenvalue weighted by Gasteiger charge is -2.36. The summed E-state index contributed by atoms with van der Waals surface area (Å²) < 4.78 is 11.0. The van der Waals surface area contributed by atoms with Crippen LogP contribution in [0.5, 0.6) is 0 Å². The fourth-order valence-electron chi connectivity index (χ4n) is 4.70. The first-order valence-corrected chi connectivity index (χ1v) is 11.9. The quantitative estimate of drug-likeness (QED) is 0.533. The number of fused-ring (bicyclic) bond motifs is 3. The van der Waals surface area contributed by atoms with Crippen molar-refractivity contribution < 1.29 is 29.0 Å². The number of rotatable bonds is 8. The van der Waals surface area contributed by atoms with Crippen molar-refractivity contribution in [2.75, 3.05) is 32.9 Å². The maximum atomic E-state index is 13.1. The molecule has 1 aliphatic carbocycles. The molecule has 1 fully saturated rings. The number of ether oxygens (including phenoxy) is 2.